The number of hydrogen-bond donors (Lipinski definition) is 2. The zero-order chi connectivity index (χ0) is 21.7. The molecule has 0 bridgehead atoms. The minimum absolute atomic E-state index is 0.146. The summed E-state index contributed by atoms with van der Waals surface area (Å²) in [5.74, 6) is 1.33. The van der Waals surface area contributed by atoms with Crippen LogP contribution in [0.25, 0.3) is 0 Å². The minimum atomic E-state index is -0.378. The summed E-state index contributed by atoms with van der Waals surface area (Å²) in [5, 5.41) is 6.63. The van der Waals surface area contributed by atoms with Crippen LogP contribution in [0.3, 0.4) is 0 Å². The maximum atomic E-state index is 14.4. The van der Waals surface area contributed by atoms with Crippen LogP contribution in [0.1, 0.15) is 57.1 Å². The number of ether oxygens (including phenoxy) is 1. The molecule has 0 radical (unpaired) electrons. The smallest absolute Gasteiger partial charge is 0.230 e. The van der Waals surface area contributed by atoms with Crippen LogP contribution in [0.4, 0.5) is 4.39 Å². The van der Waals surface area contributed by atoms with Crippen LogP contribution < -0.4 is 15.4 Å². The Bertz CT molecular complexity index is 770. The molecular formula is C23H35FN4O2. The topological polar surface area (TPSA) is 66.0 Å². The molecule has 0 spiro atoms. The van der Waals surface area contributed by atoms with E-state index in [0.717, 1.165) is 31.2 Å². The van der Waals surface area contributed by atoms with Gasteiger partial charge < -0.3 is 20.3 Å². The molecule has 0 saturated heterocycles. The van der Waals surface area contributed by atoms with Gasteiger partial charge >= 0.3 is 0 Å². The van der Waals surface area contributed by atoms with E-state index >= 15 is 0 Å². The van der Waals surface area contributed by atoms with Gasteiger partial charge in [-0.1, -0.05) is 18.9 Å². The van der Waals surface area contributed by atoms with Crippen LogP contribution in [0.2, 0.25) is 0 Å². The van der Waals surface area contributed by atoms with E-state index in [2.05, 4.69) is 15.6 Å². The van der Waals surface area contributed by atoms with E-state index in [1.165, 1.54) is 18.9 Å². The molecular weight excluding hydrogens is 383 g/mol. The molecule has 2 aliphatic rings. The number of nitrogens with zero attached hydrogens (tertiary/aromatic N) is 2. The van der Waals surface area contributed by atoms with Crippen molar-refractivity contribution in [1.82, 2.24) is 15.5 Å². The van der Waals surface area contributed by atoms with E-state index in [1.54, 1.807) is 18.0 Å². The number of hydrogen-bond acceptors (Lipinski definition) is 3. The number of aliphatic imine (C=N–C) groups is 1. The molecule has 1 aromatic carbocycles. The maximum Gasteiger partial charge on any atom is 0.230 e. The predicted octanol–water partition coefficient (Wildman–Crippen LogP) is 3.49. The number of carbonyl (C=O) groups is 1. The number of guanidine groups is 1. The Hall–Kier alpha value is -2.31. The van der Waals surface area contributed by atoms with Crippen molar-refractivity contribution in [3.63, 3.8) is 0 Å². The van der Waals surface area contributed by atoms with E-state index in [4.69, 9.17) is 4.74 Å². The van der Waals surface area contributed by atoms with E-state index in [1.807, 2.05) is 27.1 Å². The molecule has 6 nitrogen and oxygen atoms in total. The molecule has 2 fully saturated rings. The highest BCUT2D eigenvalue weighted by Crippen LogP contribution is 2.39. The Morgan fingerprint density at radius 3 is 2.60 bits per heavy atom. The summed E-state index contributed by atoms with van der Waals surface area (Å²) >= 11 is 0. The normalized spacial score (nSPS) is 19.3. The lowest BCUT2D eigenvalue weighted by molar-refractivity contribution is -0.138. The summed E-state index contributed by atoms with van der Waals surface area (Å²) in [7, 11) is 5.32. The van der Waals surface area contributed by atoms with Crippen molar-refractivity contribution in [1.29, 1.82) is 0 Å². The van der Waals surface area contributed by atoms with Gasteiger partial charge in [0, 0.05) is 27.7 Å². The lowest BCUT2D eigenvalue weighted by Crippen LogP contribution is -2.49. The fraction of sp³-hybridized carbons (Fsp3) is 0.652. The van der Waals surface area contributed by atoms with E-state index in [9.17, 15) is 9.18 Å². The van der Waals surface area contributed by atoms with Crippen molar-refractivity contribution < 1.29 is 13.9 Å². The third kappa shape index (κ3) is 5.43. The predicted molar refractivity (Wildman–Crippen MR) is 117 cm³/mol. The first-order valence-corrected chi connectivity index (χ1v) is 11.0. The summed E-state index contributed by atoms with van der Waals surface area (Å²) in [4.78, 5) is 18.7. The Morgan fingerprint density at radius 2 is 2.03 bits per heavy atom. The molecule has 0 heterocycles. The lowest BCUT2D eigenvalue weighted by Gasteiger charge is -2.31. The summed E-state index contributed by atoms with van der Waals surface area (Å²) in [5.41, 5.74) is 0.436. The van der Waals surface area contributed by atoms with Gasteiger partial charge in [-0.05, 0) is 56.2 Å². The second-order valence-electron chi connectivity index (χ2n) is 8.92. The molecule has 1 aromatic rings. The van der Waals surface area contributed by atoms with Crippen molar-refractivity contribution in [2.24, 2.45) is 16.3 Å². The van der Waals surface area contributed by atoms with Gasteiger partial charge in [0.25, 0.3) is 0 Å². The van der Waals surface area contributed by atoms with Gasteiger partial charge in [-0.3, -0.25) is 9.79 Å². The quantitative estimate of drug-likeness (QED) is 0.501. The number of halogens is 1. The fourth-order valence-electron chi connectivity index (χ4n) is 4.12. The van der Waals surface area contributed by atoms with Crippen molar-refractivity contribution in [2.75, 3.05) is 34.3 Å². The van der Waals surface area contributed by atoms with Crippen molar-refractivity contribution in [2.45, 2.75) is 51.5 Å². The molecule has 2 aliphatic carbocycles. The average molecular weight is 419 g/mol. The summed E-state index contributed by atoms with van der Waals surface area (Å²) in [6.45, 7) is 3.09. The minimum Gasteiger partial charge on any atom is -0.490 e. The van der Waals surface area contributed by atoms with Gasteiger partial charge in [-0.15, -0.1) is 0 Å². The molecule has 2 N–H and O–H groups in total. The number of nitrogens with one attached hydrogen (secondary N) is 2. The molecule has 0 aromatic heterocycles. The molecule has 7 heteroatoms. The van der Waals surface area contributed by atoms with Crippen molar-refractivity contribution in [3.05, 3.63) is 29.6 Å². The first kappa shape index (κ1) is 22.4. The molecule has 1 atom stereocenters. The second-order valence-corrected chi connectivity index (χ2v) is 8.92. The standard InChI is InChI=1S/C23H35FN4O2/c1-16(18-9-10-20(19(24)13-18)30-14-17-7-8-17)27-22(25-2)26-15-23(11-5-6-12-23)21(29)28(3)4/h9-10,13,16-17H,5-8,11-12,14-15H2,1-4H3,(H2,25,26,27). The van der Waals surface area contributed by atoms with Gasteiger partial charge in [0.2, 0.25) is 5.91 Å². The summed E-state index contributed by atoms with van der Waals surface area (Å²) in [6, 6.07) is 4.95. The number of amides is 1. The van der Waals surface area contributed by atoms with Crippen molar-refractivity contribution >= 4 is 11.9 Å². The first-order valence-electron chi connectivity index (χ1n) is 11.0. The van der Waals surface area contributed by atoms with Crippen LogP contribution in [0.15, 0.2) is 23.2 Å². The molecule has 3 rings (SSSR count). The zero-order valence-corrected chi connectivity index (χ0v) is 18.6. The highest BCUT2D eigenvalue weighted by Gasteiger charge is 2.42. The number of benzene rings is 1. The average Bonchev–Trinajstić information content (AvgIpc) is 3.44. The van der Waals surface area contributed by atoms with Crippen LogP contribution in [0.5, 0.6) is 5.75 Å². The van der Waals surface area contributed by atoms with Crippen LogP contribution in [-0.2, 0) is 4.79 Å². The Labute approximate surface area is 179 Å². The van der Waals surface area contributed by atoms with Crippen LogP contribution >= 0.6 is 0 Å². The van der Waals surface area contributed by atoms with Gasteiger partial charge in [0.05, 0.1) is 18.1 Å². The third-order valence-corrected chi connectivity index (χ3v) is 6.22. The van der Waals surface area contributed by atoms with Crippen LogP contribution in [-0.4, -0.2) is 51.1 Å². The summed E-state index contributed by atoms with van der Waals surface area (Å²) in [6.07, 6.45) is 6.26. The Kier molecular flexibility index (Phi) is 7.21. The lowest BCUT2D eigenvalue weighted by atomic mass is 9.84. The van der Waals surface area contributed by atoms with Gasteiger partial charge in [-0.25, -0.2) is 4.39 Å². The second kappa shape index (κ2) is 9.67. The molecule has 30 heavy (non-hydrogen) atoms. The first-order chi connectivity index (χ1) is 14.3. The maximum absolute atomic E-state index is 14.4. The monoisotopic (exact) mass is 418 g/mol. The zero-order valence-electron chi connectivity index (χ0n) is 18.6. The Morgan fingerprint density at radius 1 is 1.33 bits per heavy atom. The largest absolute Gasteiger partial charge is 0.490 e. The molecule has 2 saturated carbocycles. The third-order valence-electron chi connectivity index (χ3n) is 6.22. The van der Waals surface area contributed by atoms with E-state index in [-0.39, 0.29) is 23.2 Å². The van der Waals surface area contributed by atoms with E-state index in [0.29, 0.717) is 30.8 Å². The molecule has 0 aliphatic heterocycles. The van der Waals surface area contributed by atoms with Crippen LogP contribution in [0, 0.1) is 17.2 Å². The van der Waals surface area contributed by atoms with E-state index < -0.39 is 0 Å². The molecule has 1 unspecified atom stereocenters. The van der Waals surface area contributed by atoms with Gasteiger partial charge in [-0.2, -0.15) is 0 Å². The SMILES string of the molecule is CN=C(NCC1(C(=O)N(C)C)CCCC1)NC(C)c1ccc(OCC2CC2)c(F)c1. The Balaban J connectivity index is 1.58. The highest BCUT2D eigenvalue weighted by molar-refractivity contribution is 5.85. The van der Waals surface area contributed by atoms with Crippen molar-refractivity contribution in [3.8, 4) is 5.75 Å². The molecule has 1 amide bonds. The molecule has 166 valence electrons. The highest BCUT2D eigenvalue weighted by atomic mass is 19.1. The fourth-order valence-corrected chi connectivity index (χ4v) is 4.12. The summed E-state index contributed by atoms with van der Waals surface area (Å²) < 4.78 is 20.0. The number of rotatable bonds is 8. The number of carbonyl (C=O) groups excluding carboxylic acids is 1. The van der Waals surface area contributed by atoms with Gasteiger partial charge in [0.1, 0.15) is 0 Å². The van der Waals surface area contributed by atoms with Gasteiger partial charge in [0.15, 0.2) is 17.5 Å².